The van der Waals surface area contributed by atoms with Crippen LogP contribution in [0.25, 0.3) is 28.1 Å². The number of nitrogens with one attached hydrogen (secondary N) is 2. The van der Waals surface area contributed by atoms with Crippen LogP contribution in [0.2, 0.25) is 5.02 Å². The summed E-state index contributed by atoms with van der Waals surface area (Å²) in [6.45, 7) is 1.63. The highest BCUT2D eigenvalue weighted by Crippen LogP contribution is 2.31. The minimum atomic E-state index is -4.48. The zero-order valence-corrected chi connectivity index (χ0v) is 23.2. The van der Waals surface area contributed by atoms with E-state index in [0.29, 0.717) is 27.7 Å². The molecule has 4 aromatic heterocycles. The van der Waals surface area contributed by atoms with Crippen LogP contribution in [0.5, 0.6) is 0 Å². The Morgan fingerprint density at radius 3 is 2.59 bits per heavy atom. The van der Waals surface area contributed by atoms with E-state index in [4.69, 9.17) is 17.3 Å². The van der Waals surface area contributed by atoms with Crippen LogP contribution in [0.3, 0.4) is 0 Å². The summed E-state index contributed by atoms with van der Waals surface area (Å²) in [4.78, 5) is 31.6. The van der Waals surface area contributed by atoms with Crippen LogP contribution in [-0.4, -0.2) is 57.0 Å². The summed E-state index contributed by atoms with van der Waals surface area (Å²) in [5, 5.41) is 26.9. The molecule has 2 amide bonds. The summed E-state index contributed by atoms with van der Waals surface area (Å²) in [5.74, 6) is -1.20. The van der Waals surface area contributed by atoms with Crippen LogP contribution in [0.4, 0.5) is 18.9 Å². The molecule has 0 saturated heterocycles. The zero-order chi connectivity index (χ0) is 31.2. The molecule has 222 valence electrons. The molecule has 6 aromatic rings. The number of rotatable bonds is 7. The van der Waals surface area contributed by atoms with Crippen molar-refractivity contribution in [2.75, 3.05) is 5.32 Å². The first-order valence-electron chi connectivity index (χ1n) is 12.7. The van der Waals surface area contributed by atoms with Gasteiger partial charge in [-0.25, -0.2) is 9.67 Å². The van der Waals surface area contributed by atoms with Crippen LogP contribution < -0.4 is 11.1 Å². The third kappa shape index (κ3) is 5.33. The van der Waals surface area contributed by atoms with Gasteiger partial charge < -0.3 is 11.1 Å². The SMILES string of the molecule is Cc1cc2cn[nH]c2c(C(N)=O)c1NC(=O)c1cc(Cn2nnc(-c3ccc(C(F)(F)F)cc3)n2)nn1-c1ncccc1Cl. The predicted molar refractivity (Wildman–Crippen MR) is 151 cm³/mol. The highest BCUT2D eigenvalue weighted by atomic mass is 35.5. The molecular formula is C27H19ClF3N11O2. The van der Waals surface area contributed by atoms with Crippen molar-refractivity contribution in [3.05, 3.63) is 94.0 Å². The summed E-state index contributed by atoms with van der Waals surface area (Å²) < 4.78 is 40.0. The molecule has 0 saturated carbocycles. The Hall–Kier alpha value is -5.64. The van der Waals surface area contributed by atoms with Crippen molar-refractivity contribution in [1.29, 1.82) is 0 Å². The molecule has 0 unspecified atom stereocenters. The quantitative estimate of drug-likeness (QED) is 0.238. The molecule has 4 heterocycles. The third-order valence-corrected chi connectivity index (χ3v) is 6.87. The number of carbonyl (C=O) groups excluding carboxylic acids is 2. The molecule has 0 radical (unpaired) electrons. The van der Waals surface area contributed by atoms with Gasteiger partial charge in [0.05, 0.1) is 39.2 Å². The first-order chi connectivity index (χ1) is 21.0. The van der Waals surface area contributed by atoms with Gasteiger partial charge in [0.25, 0.3) is 11.8 Å². The van der Waals surface area contributed by atoms with E-state index in [0.717, 1.165) is 12.1 Å². The van der Waals surface area contributed by atoms with E-state index in [2.05, 4.69) is 41.0 Å². The van der Waals surface area contributed by atoms with Crippen LogP contribution >= 0.6 is 11.6 Å². The Kier molecular flexibility index (Phi) is 7.05. The molecule has 0 aliphatic heterocycles. The zero-order valence-electron chi connectivity index (χ0n) is 22.5. The maximum atomic E-state index is 13.7. The van der Waals surface area contributed by atoms with Gasteiger partial charge in [0.2, 0.25) is 5.82 Å². The fourth-order valence-electron chi connectivity index (χ4n) is 4.56. The lowest BCUT2D eigenvalue weighted by Crippen LogP contribution is -2.22. The minimum Gasteiger partial charge on any atom is -0.365 e. The molecule has 0 aliphatic carbocycles. The monoisotopic (exact) mass is 621 g/mol. The Bertz CT molecular complexity index is 2050. The summed E-state index contributed by atoms with van der Waals surface area (Å²) in [5.41, 5.74) is 6.64. The number of carbonyl (C=O) groups is 2. The molecule has 2 aromatic carbocycles. The number of nitrogens with zero attached hydrogens (tertiary/aromatic N) is 8. The van der Waals surface area contributed by atoms with Crippen LogP contribution in [-0.2, 0) is 12.7 Å². The van der Waals surface area contributed by atoms with Crippen molar-refractivity contribution < 1.29 is 22.8 Å². The maximum Gasteiger partial charge on any atom is 0.416 e. The first-order valence-corrected chi connectivity index (χ1v) is 13.1. The first kappa shape index (κ1) is 28.5. The number of fused-ring (bicyclic) bond motifs is 1. The number of aromatic amines is 1. The second-order valence-corrected chi connectivity index (χ2v) is 9.96. The van der Waals surface area contributed by atoms with E-state index >= 15 is 0 Å². The number of amides is 2. The maximum absolute atomic E-state index is 13.7. The van der Waals surface area contributed by atoms with Crippen molar-refractivity contribution in [2.45, 2.75) is 19.6 Å². The lowest BCUT2D eigenvalue weighted by Gasteiger charge is -2.14. The molecule has 17 heteroatoms. The second-order valence-electron chi connectivity index (χ2n) is 9.56. The molecule has 0 bridgehead atoms. The van der Waals surface area contributed by atoms with E-state index < -0.39 is 23.6 Å². The molecule has 0 fully saturated rings. The number of aryl methyl sites for hydroxylation is 1. The molecule has 13 nitrogen and oxygen atoms in total. The smallest absolute Gasteiger partial charge is 0.365 e. The summed E-state index contributed by atoms with van der Waals surface area (Å²) in [6, 6.07) is 10.7. The highest BCUT2D eigenvalue weighted by Gasteiger charge is 2.30. The van der Waals surface area contributed by atoms with Crippen LogP contribution in [0.1, 0.15) is 37.7 Å². The molecule has 0 aliphatic rings. The van der Waals surface area contributed by atoms with Gasteiger partial charge >= 0.3 is 6.18 Å². The van der Waals surface area contributed by atoms with Crippen molar-refractivity contribution in [1.82, 2.24) is 45.2 Å². The van der Waals surface area contributed by atoms with Crippen molar-refractivity contribution >= 4 is 40.0 Å². The lowest BCUT2D eigenvalue weighted by atomic mass is 10.0. The Balaban J connectivity index is 1.34. The van der Waals surface area contributed by atoms with Gasteiger partial charge in [-0.15, -0.1) is 10.2 Å². The number of primary amides is 1. The summed E-state index contributed by atoms with van der Waals surface area (Å²) >= 11 is 6.38. The van der Waals surface area contributed by atoms with E-state index in [1.165, 1.54) is 40.1 Å². The van der Waals surface area contributed by atoms with E-state index in [1.54, 1.807) is 25.1 Å². The van der Waals surface area contributed by atoms with Gasteiger partial charge in [-0.05, 0) is 54.1 Å². The van der Waals surface area contributed by atoms with Crippen molar-refractivity contribution in [3.63, 3.8) is 0 Å². The number of tetrazole rings is 1. The molecule has 44 heavy (non-hydrogen) atoms. The van der Waals surface area contributed by atoms with Gasteiger partial charge in [0.15, 0.2) is 5.82 Å². The van der Waals surface area contributed by atoms with Gasteiger partial charge in [-0.2, -0.15) is 28.2 Å². The van der Waals surface area contributed by atoms with E-state index in [9.17, 15) is 22.8 Å². The normalized spacial score (nSPS) is 11.7. The predicted octanol–water partition coefficient (Wildman–Crippen LogP) is 4.18. The van der Waals surface area contributed by atoms with Gasteiger partial charge in [0.1, 0.15) is 12.2 Å². The second kappa shape index (κ2) is 10.9. The number of nitrogens with two attached hydrogens (primary N) is 1. The molecule has 4 N–H and O–H groups in total. The number of benzene rings is 2. The number of aromatic nitrogens is 9. The van der Waals surface area contributed by atoms with E-state index in [1.807, 2.05) is 0 Å². The van der Waals surface area contributed by atoms with Gasteiger partial charge in [0, 0.05) is 17.1 Å². The van der Waals surface area contributed by atoms with E-state index in [-0.39, 0.29) is 40.2 Å². The lowest BCUT2D eigenvalue weighted by molar-refractivity contribution is -0.137. The van der Waals surface area contributed by atoms with Crippen molar-refractivity contribution in [2.24, 2.45) is 5.73 Å². The average Bonchev–Trinajstić information content (AvgIpc) is 3.73. The van der Waals surface area contributed by atoms with Crippen LogP contribution in [0.15, 0.2) is 60.9 Å². The Labute approximate surface area is 249 Å². The number of pyridine rings is 1. The largest absolute Gasteiger partial charge is 0.416 e. The van der Waals surface area contributed by atoms with Gasteiger partial charge in [-0.1, -0.05) is 23.7 Å². The molecule has 0 spiro atoms. The number of H-pyrrole nitrogens is 1. The van der Waals surface area contributed by atoms with Crippen molar-refractivity contribution in [3.8, 4) is 17.2 Å². The number of hydrogen-bond donors (Lipinski definition) is 3. The Morgan fingerprint density at radius 1 is 1.11 bits per heavy atom. The number of hydrogen-bond acceptors (Lipinski definition) is 8. The summed E-state index contributed by atoms with van der Waals surface area (Å²) in [6.07, 6.45) is -1.47. The molecule has 6 rings (SSSR count). The number of halogens is 4. The Morgan fingerprint density at radius 2 is 1.89 bits per heavy atom. The minimum absolute atomic E-state index is 0.00297. The molecule has 0 atom stereocenters. The third-order valence-electron chi connectivity index (χ3n) is 6.58. The number of alkyl halides is 3. The average molecular weight is 622 g/mol. The fourth-order valence-corrected chi connectivity index (χ4v) is 4.76. The van der Waals surface area contributed by atoms with Gasteiger partial charge in [-0.3, -0.25) is 14.7 Å². The number of anilines is 1. The summed E-state index contributed by atoms with van der Waals surface area (Å²) in [7, 11) is 0. The highest BCUT2D eigenvalue weighted by molar-refractivity contribution is 6.32. The standard InChI is InChI=1S/C27H19ClF3N11O2/c1-13-9-15-11-34-36-22(15)20(23(32)43)21(13)35-26(44)19-10-17(38-42(19)25-18(28)3-2-8-33-25)12-41-39-24(37-40-41)14-4-6-16(7-5-14)27(29,30)31/h2-11H,12H2,1H3,(H2,32,43)(H,34,36)(H,35,44). The van der Waals surface area contributed by atoms with Crippen LogP contribution in [0, 0.1) is 6.92 Å². The fraction of sp³-hybridized carbons (Fsp3) is 0.111. The molecular weight excluding hydrogens is 603 g/mol. The topological polar surface area (TPSA) is 175 Å².